The molecule has 1 aliphatic rings. The van der Waals surface area contributed by atoms with Gasteiger partial charge in [0.05, 0.1) is 6.20 Å². The molecule has 4 nitrogen and oxygen atoms in total. The predicted octanol–water partition coefficient (Wildman–Crippen LogP) is 1.56. The first-order valence-corrected chi connectivity index (χ1v) is 5.57. The fraction of sp³-hybridized carbons (Fsp3) is 0.545. The maximum atomic E-state index is 12.1. The fourth-order valence-electron chi connectivity index (χ4n) is 1.99. The number of likely N-dealkylation sites (N-methyl/N-ethyl adjacent to an activating group) is 1. The van der Waals surface area contributed by atoms with Gasteiger partial charge in [0, 0.05) is 31.9 Å². The van der Waals surface area contributed by atoms with Crippen LogP contribution in [-0.2, 0) is 0 Å². The lowest BCUT2D eigenvalue weighted by Crippen LogP contribution is -2.43. The quantitative estimate of drug-likeness (QED) is 0.876. The van der Waals surface area contributed by atoms with Gasteiger partial charge in [0.15, 0.2) is 0 Å². The summed E-state index contributed by atoms with van der Waals surface area (Å²) in [6.07, 6.45) is -2.05. The Bertz CT molecular complexity index is 411. The van der Waals surface area contributed by atoms with Gasteiger partial charge in [-0.15, -0.1) is 13.2 Å². The van der Waals surface area contributed by atoms with E-state index in [-0.39, 0.29) is 11.8 Å². The van der Waals surface area contributed by atoms with Crippen LogP contribution in [0.3, 0.4) is 0 Å². The molecule has 2 rings (SSSR count). The van der Waals surface area contributed by atoms with Gasteiger partial charge in [-0.2, -0.15) is 0 Å². The molecule has 1 atom stereocenters. The van der Waals surface area contributed by atoms with Crippen molar-refractivity contribution in [3.05, 3.63) is 24.0 Å². The molecule has 18 heavy (non-hydrogen) atoms. The number of hydrogen-bond donors (Lipinski definition) is 1. The van der Waals surface area contributed by atoms with Crippen molar-refractivity contribution in [3.63, 3.8) is 0 Å². The van der Waals surface area contributed by atoms with E-state index in [0.717, 1.165) is 19.3 Å². The van der Waals surface area contributed by atoms with Crippen molar-refractivity contribution < 1.29 is 17.9 Å². The minimum atomic E-state index is -4.68. The summed E-state index contributed by atoms with van der Waals surface area (Å²) in [6, 6.07) is 1.40. The molecular weight excluding hydrogens is 247 g/mol. The van der Waals surface area contributed by atoms with Gasteiger partial charge < -0.3 is 10.1 Å². The van der Waals surface area contributed by atoms with E-state index in [1.807, 2.05) is 7.05 Å². The second-order valence-electron chi connectivity index (χ2n) is 4.20. The van der Waals surface area contributed by atoms with Crippen LogP contribution in [-0.4, -0.2) is 42.9 Å². The normalized spacial score (nSPS) is 21.9. The highest BCUT2D eigenvalue weighted by atomic mass is 19.4. The third-order valence-electron chi connectivity index (χ3n) is 2.86. The monoisotopic (exact) mass is 261 g/mol. The zero-order valence-corrected chi connectivity index (χ0v) is 9.87. The largest absolute Gasteiger partial charge is 0.573 e. The van der Waals surface area contributed by atoms with Crippen LogP contribution in [0.4, 0.5) is 13.2 Å². The fourth-order valence-corrected chi connectivity index (χ4v) is 1.99. The summed E-state index contributed by atoms with van der Waals surface area (Å²) in [6.45, 7) is 2.40. The molecule has 1 unspecified atom stereocenters. The van der Waals surface area contributed by atoms with Gasteiger partial charge in [-0.05, 0) is 18.7 Å². The van der Waals surface area contributed by atoms with Crippen molar-refractivity contribution >= 4 is 0 Å². The van der Waals surface area contributed by atoms with E-state index in [0.29, 0.717) is 12.1 Å². The maximum Gasteiger partial charge on any atom is 0.573 e. The van der Waals surface area contributed by atoms with Crippen LogP contribution >= 0.6 is 0 Å². The predicted molar refractivity (Wildman–Crippen MR) is 59.2 cm³/mol. The van der Waals surface area contributed by atoms with E-state index in [1.54, 1.807) is 6.20 Å². The zero-order valence-electron chi connectivity index (χ0n) is 9.87. The number of aromatic nitrogens is 1. The van der Waals surface area contributed by atoms with E-state index in [2.05, 4.69) is 19.9 Å². The Morgan fingerprint density at radius 3 is 2.89 bits per heavy atom. The average molecular weight is 261 g/mol. The van der Waals surface area contributed by atoms with Crippen molar-refractivity contribution in [3.8, 4) is 5.75 Å². The van der Waals surface area contributed by atoms with Crippen LogP contribution < -0.4 is 10.1 Å². The van der Waals surface area contributed by atoms with Crippen LogP contribution in [0, 0.1) is 0 Å². The molecule has 1 aliphatic heterocycles. The molecule has 0 bridgehead atoms. The van der Waals surface area contributed by atoms with Crippen LogP contribution in [0.15, 0.2) is 18.5 Å². The van der Waals surface area contributed by atoms with Crippen LogP contribution in [0.25, 0.3) is 0 Å². The maximum absolute atomic E-state index is 12.1. The van der Waals surface area contributed by atoms with Gasteiger partial charge in [-0.1, -0.05) is 0 Å². The smallest absolute Gasteiger partial charge is 0.404 e. The van der Waals surface area contributed by atoms with Crippen LogP contribution in [0.1, 0.15) is 11.6 Å². The first kappa shape index (κ1) is 13.1. The number of nitrogens with one attached hydrogen (secondary N) is 1. The highest BCUT2D eigenvalue weighted by molar-refractivity contribution is 5.26. The molecule has 2 heterocycles. The third kappa shape index (κ3) is 3.33. The number of hydrogen-bond acceptors (Lipinski definition) is 4. The van der Waals surface area contributed by atoms with Crippen molar-refractivity contribution in [1.29, 1.82) is 0 Å². The molecule has 0 aliphatic carbocycles. The number of alkyl halides is 3. The van der Waals surface area contributed by atoms with Gasteiger partial charge in [-0.25, -0.2) is 0 Å². The molecule has 1 fully saturated rings. The number of halogens is 3. The molecule has 0 amide bonds. The Kier molecular flexibility index (Phi) is 3.72. The minimum Gasteiger partial charge on any atom is -0.404 e. The van der Waals surface area contributed by atoms with Crippen molar-refractivity contribution in [2.75, 3.05) is 26.7 Å². The molecular formula is C11H14F3N3O. The van der Waals surface area contributed by atoms with E-state index in [1.165, 1.54) is 6.07 Å². The van der Waals surface area contributed by atoms with Gasteiger partial charge in [0.2, 0.25) is 0 Å². The summed E-state index contributed by atoms with van der Waals surface area (Å²) in [5.41, 5.74) is 0.714. The highest BCUT2D eigenvalue weighted by Gasteiger charge is 2.31. The average Bonchev–Trinajstić information content (AvgIpc) is 2.27. The summed E-state index contributed by atoms with van der Waals surface area (Å²) in [5.74, 6) is -0.279. The zero-order chi connectivity index (χ0) is 13.2. The summed E-state index contributed by atoms with van der Waals surface area (Å²) >= 11 is 0. The minimum absolute atomic E-state index is 0.0167. The molecule has 1 N–H and O–H groups in total. The van der Waals surface area contributed by atoms with Crippen molar-refractivity contribution in [2.24, 2.45) is 0 Å². The molecule has 0 saturated carbocycles. The van der Waals surface area contributed by atoms with E-state index < -0.39 is 6.36 Å². The SMILES string of the molecule is CN1CCNCC1c1cncc(OC(F)(F)F)c1. The first-order chi connectivity index (χ1) is 8.46. The van der Waals surface area contributed by atoms with Crippen LogP contribution in [0.5, 0.6) is 5.75 Å². The summed E-state index contributed by atoms with van der Waals surface area (Å²) in [4.78, 5) is 5.87. The number of rotatable bonds is 2. The van der Waals surface area contributed by atoms with E-state index in [9.17, 15) is 13.2 Å². The third-order valence-corrected chi connectivity index (χ3v) is 2.86. The molecule has 0 aromatic carbocycles. The number of pyridine rings is 1. The molecule has 0 spiro atoms. The van der Waals surface area contributed by atoms with Crippen molar-refractivity contribution in [1.82, 2.24) is 15.2 Å². The Balaban J connectivity index is 2.16. The van der Waals surface area contributed by atoms with E-state index >= 15 is 0 Å². The molecule has 7 heteroatoms. The lowest BCUT2D eigenvalue weighted by molar-refractivity contribution is -0.274. The Hall–Kier alpha value is -1.34. The molecule has 0 radical (unpaired) electrons. The summed E-state index contributed by atoms with van der Waals surface area (Å²) < 4.78 is 40.2. The van der Waals surface area contributed by atoms with Gasteiger partial charge in [0.25, 0.3) is 0 Å². The number of nitrogens with zero attached hydrogens (tertiary/aromatic N) is 2. The molecule has 1 aromatic rings. The topological polar surface area (TPSA) is 37.4 Å². The summed E-state index contributed by atoms with van der Waals surface area (Å²) in [7, 11) is 1.93. The van der Waals surface area contributed by atoms with Crippen LogP contribution in [0.2, 0.25) is 0 Å². The Morgan fingerprint density at radius 2 is 2.22 bits per heavy atom. The first-order valence-electron chi connectivity index (χ1n) is 5.57. The Labute approximate surface area is 103 Å². The van der Waals surface area contributed by atoms with E-state index in [4.69, 9.17) is 0 Å². The van der Waals surface area contributed by atoms with Gasteiger partial charge in [0.1, 0.15) is 5.75 Å². The number of piperazine rings is 1. The number of ether oxygens (including phenoxy) is 1. The molecule has 1 aromatic heterocycles. The molecule has 1 saturated heterocycles. The summed E-state index contributed by atoms with van der Waals surface area (Å²) in [5, 5.41) is 3.20. The lowest BCUT2D eigenvalue weighted by Gasteiger charge is -2.33. The van der Waals surface area contributed by atoms with Gasteiger partial charge in [-0.3, -0.25) is 9.88 Å². The molecule has 100 valence electrons. The Morgan fingerprint density at radius 1 is 1.44 bits per heavy atom. The standard InChI is InChI=1S/C11H14F3N3O/c1-17-3-2-15-7-10(17)8-4-9(6-16-5-8)18-11(12,13)14/h4-6,10,15H,2-3,7H2,1H3. The highest BCUT2D eigenvalue weighted by Crippen LogP contribution is 2.26. The van der Waals surface area contributed by atoms with Gasteiger partial charge >= 0.3 is 6.36 Å². The second kappa shape index (κ2) is 5.11. The lowest BCUT2D eigenvalue weighted by atomic mass is 10.1. The van der Waals surface area contributed by atoms with Crippen molar-refractivity contribution in [2.45, 2.75) is 12.4 Å². The second-order valence-corrected chi connectivity index (χ2v) is 4.20.